The summed E-state index contributed by atoms with van der Waals surface area (Å²) in [7, 11) is 1.73. The number of hydrogen-bond acceptors (Lipinski definition) is 9. The fourth-order valence-corrected chi connectivity index (χ4v) is 5.80. The summed E-state index contributed by atoms with van der Waals surface area (Å²) in [4.78, 5) is 13.7. The SMILES string of the molecule is CCCCNc1nc(N)nc2cnn(Cc3ccc(CN4CC5(CCN(CCO)CC5)C4)cc3OC)c12. The minimum absolute atomic E-state index is 0.247. The summed E-state index contributed by atoms with van der Waals surface area (Å²) < 4.78 is 7.72. The minimum atomic E-state index is 0.247. The van der Waals surface area contributed by atoms with Crippen molar-refractivity contribution < 1.29 is 9.84 Å². The molecule has 1 aromatic carbocycles. The third-order valence-corrected chi connectivity index (χ3v) is 7.86. The molecule has 0 amide bonds. The number of methoxy groups -OCH3 is 1. The number of nitrogens with zero attached hydrogens (tertiary/aromatic N) is 6. The molecule has 4 N–H and O–H groups in total. The first-order valence-electron chi connectivity index (χ1n) is 13.5. The van der Waals surface area contributed by atoms with Crippen molar-refractivity contribution in [1.82, 2.24) is 29.5 Å². The fraction of sp³-hybridized carbons (Fsp3) is 0.593. The summed E-state index contributed by atoms with van der Waals surface area (Å²) in [6.07, 6.45) is 6.35. The van der Waals surface area contributed by atoms with Crippen LogP contribution in [0.2, 0.25) is 0 Å². The zero-order valence-corrected chi connectivity index (χ0v) is 22.1. The van der Waals surface area contributed by atoms with E-state index in [0.29, 0.717) is 12.0 Å². The first-order chi connectivity index (χ1) is 18.0. The van der Waals surface area contributed by atoms with Gasteiger partial charge in [0.2, 0.25) is 5.95 Å². The highest BCUT2D eigenvalue weighted by atomic mass is 16.5. The lowest BCUT2D eigenvalue weighted by molar-refractivity contribution is -0.0526. The van der Waals surface area contributed by atoms with E-state index >= 15 is 0 Å². The average Bonchev–Trinajstić information content (AvgIpc) is 3.27. The number of aliphatic hydroxyl groups excluding tert-OH is 1. The van der Waals surface area contributed by atoms with Gasteiger partial charge in [-0.3, -0.25) is 9.58 Å². The van der Waals surface area contributed by atoms with Crippen LogP contribution in [0.4, 0.5) is 11.8 Å². The van der Waals surface area contributed by atoms with Crippen LogP contribution in [0, 0.1) is 5.41 Å². The summed E-state index contributed by atoms with van der Waals surface area (Å²) in [5.41, 5.74) is 10.3. The number of aromatic nitrogens is 4. The van der Waals surface area contributed by atoms with Crippen LogP contribution in [-0.4, -0.2) is 87.6 Å². The molecule has 2 aliphatic heterocycles. The van der Waals surface area contributed by atoms with Crippen molar-refractivity contribution in [3.8, 4) is 5.75 Å². The van der Waals surface area contributed by atoms with E-state index in [4.69, 9.17) is 10.5 Å². The molecule has 2 aromatic heterocycles. The number of β-amino-alcohol motifs (C(OH)–C–C–N with tert-alkyl or cyclic N) is 1. The van der Waals surface area contributed by atoms with Gasteiger partial charge in [0.15, 0.2) is 5.82 Å². The number of benzene rings is 1. The number of anilines is 2. The van der Waals surface area contributed by atoms with Gasteiger partial charge in [-0.2, -0.15) is 10.1 Å². The summed E-state index contributed by atoms with van der Waals surface area (Å²) in [6, 6.07) is 6.50. The predicted octanol–water partition coefficient (Wildman–Crippen LogP) is 2.57. The number of hydrogen-bond donors (Lipinski definition) is 3. The standard InChI is InChI=1S/C27H40N8O2/c1-3-4-9-29-25-24-22(31-26(28)32-25)15-30-35(24)17-21-6-5-20(14-23(21)37-2)16-34-18-27(19-34)7-10-33(11-8-27)12-13-36/h5-6,14-15,36H,3-4,7-13,16-19H2,1-2H3,(H3,28,29,31,32). The molecule has 3 aromatic rings. The first-order valence-corrected chi connectivity index (χ1v) is 13.5. The lowest BCUT2D eigenvalue weighted by Crippen LogP contribution is -2.59. The number of ether oxygens (including phenoxy) is 1. The lowest BCUT2D eigenvalue weighted by atomic mass is 9.72. The number of nitrogens with one attached hydrogen (secondary N) is 1. The Labute approximate surface area is 218 Å². The molecule has 0 aliphatic carbocycles. The Morgan fingerprint density at radius 3 is 2.68 bits per heavy atom. The van der Waals surface area contributed by atoms with Gasteiger partial charge >= 0.3 is 0 Å². The van der Waals surface area contributed by atoms with Crippen LogP contribution in [-0.2, 0) is 13.1 Å². The van der Waals surface area contributed by atoms with Crippen LogP contribution in [0.25, 0.3) is 11.0 Å². The van der Waals surface area contributed by atoms with Crippen molar-refractivity contribution in [1.29, 1.82) is 0 Å². The number of likely N-dealkylation sites (tertiary alicyclic amines) is 2. The smallest absolute Gasteiger partial charge is 0.222 e. The highest BCUT2D eigenvalue weighted by molar-refractivity contribution is 5.86. The van der Waals surface area contributed by atoms with Crippen LogP contribution >= 0.6 is 0 Å². The second kappa shape index (κ2) is 11.2. The molecule has 200 valence electrons. The van der Waals surface area contributed by atoms with Gasteiger partial charge in [0.05, 0.1) is 26.5 Å². The number of aliphatic hydroxyl groups is 1. The molecule has 4 heterocycles. The lowest BCUT2D eigenvalue weighted by Gasteiger charge is -2.54. The molecular formula is C27H40N8O2. The molecule has 0 saturated carbocycles. The maximum Gasteiger partial charge on any atom is 0.222 e. The molecule has 0 unspecified atom stereocenters. The Hall–Kier alpha value is -2.95. The number of rotatable bonds is 11. The maximum atomic E-state index is 9.19. The van der Waals surface area contributed by atoms with Gasteiger partial charge in [-0.15, -0.1) is 0 Å². The van der Waals surface area contributed by atoms with Gasteiger partial charge in [0.1, 0.15) is 16.8 Å². The number of fused-ring (bicyclic) bond motifs is 1. The van der Waals surface area contributed by atoms with E-state index in [9.17, 15) is 5.11 Å². The normalized spacial score (nSPS) is 17.8. The van der Waals surface area contributed by atoms with Crippen molar-refractivity contribution >= 4 is 22.8 Å². The van der Waals surface area contributed by atoms with E-state index in [1.807, 2.05) is 4.68 Å². The summed E-state index contributed by atoms with van der Waals surface area (Å²) in [5, 5.41) is 17.2. The highest BCUT2D eigenvalue weighted by Gasteiger charge is 2.44. The van der Waals surface area contributed by atoms with E-state index in [1.54, 1.807) is 13.3 Å². The van der Waals surface area contributed by atoms with Crippen molar-refractivity contribution in [3.05, 3.63) is 35.5 Å². The van der Waals surface area contributed by atoms with E-state index in [-0.39, 0.29) is 12.6 Å². The van der Waals surface area contributed by atoms with E-state index in [0.717, 1.165) is 86.8 Å². The maximum absolute atomic E-state index is 9.19. The molecule has 37 heavy (non-hydrogen) atoms. The third-order valence-electron chi connectivity index (χ3n) is 7.86. The number of unbranched alkanes of at least 4 members (excludes halogenated alkanes) is 1. The highest BCUT2D eigenvalue weighted by Crippen LogP contribution is 2.41. The van der Waals surface area contributed by atoms with Crippen LogP contribution < -0.4 is 15.8 Å². The van der Waals surface area contributed by atoms with Gasteiger partial charge in [-0.25, -0.2) is 4.98 Å². The van der Waals surface area contributed by atoms with Gasteiger partial charge < -0.3 is 25.8 Å². The Morgan fingerprint density at radius 1 is 1.14 bits per heavy atom. The fourth-order valence-electron chi connectivity index (χ4n) is 5.80. The van der Waals surface area contributed by atoms with Gasteiger partial charge in [0.25, 0.3) is 0 Å². The molecule has 0 atom stereocenters. The molecular weight excluding hydrogens is 468 g/mol. The summed E-state index contributed by atoms with van der Waals surface area (Å²) in [6.45, 7) is 10.0. The van der Waals surface area contributed by atoms with Gasteiger partial charge in [-0.05, 0) is 49.4 Å². The summed E-state index contributed by atoms with van der Waals surface area (Å²) in [5.74, 6) is 1.83. The van der Waals surface area contributed by atoms with Crippen molar-refractivity contribution in [2.45, 2.75) is 45.7 Å². The van der Waals surface area contributed by atoms with Crippen molar-refractivity contribution in [2.75, 3.05) is 64.0 Å². The molecule has 5 rings (SSSR count). The largest absolute Gasteiger partial charge is 0.496 e. The zero-order valence-electron chi connectivity index (χ0n) is 22.1. The van der Waals surface area contributed by atoms with Crippen LogP contribution in [0.15, 0.2) is 24.4 Å². The van der Waals surface area contributed by atoms with E-state index in [2.05, 4.69) is 55.3 Å². The molecule has 10 heteroatoms. The van der Waals surface area contributed by atoms with E-state index in [1.165, 1.54) is 18.4 Å². The molecule has 2 saturated heterocycles. The molecule has 10 nitrogen and oxygen atoms in total. The summed E-state index contributed by atoms with van der Waals surface area (Å²) >= 11 is 0. The molecule has 2 fully saturated rings. The first kappa shape index (κ1) is 25.7. The van der Waals surface area contributed by atoms with Crippen molar-refractivity contribution in [2.24, 2.45) is 5.41 Å². The zero-order chi connectivity index (χ0) is 25.8. The number of nitrogens with two attached hydrogens (primary N) is 1. The van der Waals surface area contributed by atoms with Gasteiger partial charge in [0, 0.05) is 38.3 Å². The molecule has 0 radical (unpaired) electrons. The predicted molar refractivity (Wildman–Crippen MR) is 146 cm³/mol. The number of piperidine rings is 1. The topological polar surface area (TPSA) is 118 Å². The third kappa shape index (κ3) is 5.66. The van der Waals surface area contributed by atoms with Crippen LogP contribution in [0.1, 0.15) is 43.7 Å². The van der Waals surface area contributed by atoms with E-state index < -0.39 is 0 Å². The second-order valence-electron chi connectivity index (χ2n) is 10.6. The molecule has 1 spiro atoms. The van der Waals surface area contributed by atoms with Crippen molar-refractivity contribution in [3.63, 3.8) is 0 Å². The Morgan fingerprint density at radius 2 is 1.95 bits per heavy atom. The second-order valence-corrected chi connectivity index (χ2v) is 10.6. The van der Waals surface area contributed by atoms with Crippen LogP contribution in [0.5, 0.6) is 5.75 Å². The van der Waals surface area contributed by atoms with Gasteiger partial charge in [-0.1, -0.05) is 25.5 Å². The Balaban J connectivity index is 1.25. The molecule has 0 bridgehead atoms. The Bertz CT molecular complexity index is 1200. The monoisotopic (exact) mass is 508 g/mol. The minimum Gasteiger partial charge on any atom is -0.496 e. The quantitative estimate of drug-likeness (QED) is 0.336. The Kier molecular flexibility index (Phi) is 7.78. The average molecular weight is 509 g/mol. The molecule has 2 aliphatic rings. The van der Waals surface area contributed by atoms with Crippen LogP contribution in [0.3, 0.4) is 0 Å². The number of nitrogen functional groups attached to an aromatic ring is 1.